The normalized spacial score (nSPS) is 13.7. The van der Waals surface area contributed by atoms with Gasteiger partial charge in [0.25, 0.3) is 10.0 Å². The Balaban J connectivity index is 1.27. The molecular formula is C36H32F3N7O5S2. The Morgan fingerprint density at radius 2 is 1.77 bits per heavy atom. The lowest BCUT2D eigenvalue weighted by Crippen LogP contribution is -2.38. The number of hydrogen-bond acceptors (Lipinski definition) is 10. The minimum absolute atomic E-state index is 0.0551. The van der Waals surface area contributed by atoms with Gasteiger partial charge in [0.1, 0.15) is 23.9 Å². The molecule has 3 aromatic carbocycles. The Bertz CT molecular complexity index is 2240. The van der Waals surface area contributed by atoms with Gasteiger partial charge in [-0.1, -0.05) is 18.2 Å². The first-order valence-corrected chi connectivity index (χ1v) is 18.6. The number of likely N-dealkylation sites (tertiary alicyclic amines) is 1. The van der Waals surface area contributed by atoms with Gasteiger partial charge in [-0.3, -0.25) is 9.71 Å². The van der Waals surface area contributed by atoms with Crippen molar-refractivity contribution in [2.75, 3.05) is 24.4 Å². The summed E-state index contributed by atoms with van der Waals surface area (Å²) < 4.78 is 79.0. The van der Waals surface area contributed by atoms with Gasteiger partial charge in [-0.2, -0.15) is 22.8 Å². The molecule has 0 atom stereocenters. The summed E-state index contributed by atoms with van der Waals surface area (Å²) in [7, 11) is -4.10. The number of halogens is 3. The van der Waals surface area contributed by atoms with Gasteiger partial charge in [0.2, 0.25) is 5.13 Å². The second-order valence-corrected chi connectivity index (χ2v) is 14.7. The van der Waals surface area contributed by atoms with Crippen molar-refractivity contribution in [3.8, 4) is 39.8 Å². The highest BCUT2D eigenvalue weighted by Gasteiger charge is 2.30. The van der Waals surface area contributed by atoms with Gasteiger partial charge in [0, 0.05) is 42.9 Å². The predicted molar refractivity (Wildman–Crippen MR) is 191 cm³/mol. The molecule has 0 spiro atoms. The molecule has 0 aliphatic carbocycles. The molecule has 1 aliphatic heterocycles. The van der Waals surface area contributed by atoms with Gasteiger partial charge < -0.3 is 20.1 Å². The van der Waals surface area contributed by atoms with Gasteiger partial charge in [-0.15, -0.1) is 0 Å². The monoisotopic (exact) mass is 763 g/mol. The maximum Gasteiger partial charge on any atom is 0.416 e. The first kappa shape index (κ1) is 37.2. The number of ether oxygens (including phenoxy) is 1. The van der Waals surface area contributed by atoms with Crippen molar-refractivity contribution in [2.24, 2.45) is 5.92 Å². The first-order valence-electron chi connectivity index (χ1n) is 16.4. The number of nitrogens with one attached hydrogen (secondary N) is 2. The van der Waals surface area contributed by atoms with E-state index in [9.17, 15) is 36.8 Å². The Kier molecular flexibility index (Phi) is 11.2. The Morgan fingerprint density at radius 1 is 1.00 bits per heavy atom. The number of anilines is 1. The van der Waals surface area contributed by atoms with E-state index in [1.807, 2.05) is 12.1 Å². The Hall–Kier alpha value is -5.57. The summed E-state index contributed by atoms with van der Waals surface area (Å²) in [4.78, 5) is 20.7. The van der Waals surface area contributed by atoms with E-state index in [0.29, 0.717) is 60.0 Å². The van der Waals surface area contributed by atoms with E-state index in [2.05, 4.69) is 24.4 Å². The van der Waals surface area contributed by atoms with Crippen LogP contribution in [0.1, 0.15) is 36.1 Å². The molecule has 5 aromatic rings. The van der Waals surface area contributed by atoms with Crippen molar-refractivity contribution in [1.29, 1.82) is 5.26 Å². The molecule has 17 heteroatoms. The third-order valence-corrected chi connectivity index (χ3v) is 10.8. The van der Waals surface area contributed by atoms with Crippen LogP contribution >= 0.6 is 11.5 Å². The smallest absolute Gasteiger partial charge is 0.416 e. The van der Waals surface area contributed by atoms with Gasteiger partial charge in [-0.05, 0) is 103 Å². The third-order valence-electron chi connectivity index (χ3n) is 8.74. The van der Waals surface area contributed by atoms with Crippen LogP contribution in [0.5, 0.6) is 11.5 Å². The summed E-state index contributed by atoms with van der Waals surface area (Å²) in [5.74, 6) is 0.730. The number of aromatic nitrogens is 3. The molecule has 12 nitrogen and oxygen atoms in total. The molecule has 0 unspecified atom stereocenters. The third kappa shape index (κ3) is 9.27. The van der Waals surface area contributed by atoms with E-state index in [4.69, 9.17) is 4.74 Å². The molecule has 1 aliphatic rings. The van der Waals surface area contributed by atoms with E-state index in [1.165, 1.54) is 35.5 Å². The van der Waals surface area contributed by atoms with Crippen LogP contribution in [0.3, 0.4) is 0 Å². The van der Waals surface area contributed by atoms with Crippen LogP contribution in [0.4, 0.5) is 23.1 Å². The van der Waals surface area contributed by atoms with Crippen molar-refractivity contribution < 1.29 is 36.2 Å². The lowest BCUT2D eigenvalue weighted by atomic mass is 9.94. The lowest BCUT2D eigenvalue weighted by Gasteiger charge is -2.29. The van der Waals surface area contributed by atoms with Crippen LogP contribution in [0.2, 0.25) is 0 Å². The fourth-order valence-corrected chi connectivity index (χ4v) is 7.63. The zero-order valence-electron chi connectivity index (χ0n) is 27.9. The Morgan fingerprint density at radius 3 is 2.49 bits per heavy atom. The molecule has 53 heavy (non-hydrogen) atoms. The van der Waals surface area contributed by atoms with Crippen molar-refractivity contribution in [2.45, 2.75) is 36.9 Å². The van der Waals surface area contributed by atoms with Crippen molar-refractivity contribution in [1.82, 2.24) is 24.6 Å². The summed E-state index contributed by atoms with van der Waals surface area (Å²) in [6.07, 6.45) is -0.126. The predicted octanol–water partition coefficient (Wildman–Crippen LogP) is 7.62. The molecule has 3 heterocycles. The van der Waals surface area contributed by atoms with Crippen LogP contribution in [0.15, 0.2) is 90.2 Å². The number of pyridine rings is 1. The van der Waals surface area contributed by atoms with E-state index < -0.39 is 27.9 Å². The standard InChI is InChI=1S/C36H32F3N7O5S2/c37-36(38,39)28-3-1-2-24(16-28)25-4-6-33(51-32-7-5-30(18-27(32)20-40)53(49,50)45-34-43-22-44-52-34)31(19-25)26-9-13-42-29(17-26)21-41-12-8-23-10-14-46(15-11-23)35(47)48/h1-7,9,13,16-19,22-23,41H,8,10-12,14-15,21H2,(H,47,48)(H,43,44,45). The van der Waals surface area contributed by atoms with E-state index in [0.717, 1.165) is 42.9 Å². The topological polar surface area (TPSA) is 170 Å². The van der Waals surface area contributed by atoms with E-state index in [1.54, 1.807) is 36.5 Å². The second kappa shape index (κ2) is 16.0. The molecule has 0 bridgehead atoms. The summed E-state index contributed by atoms with van der Waals surface area (Å²) in [6, 6.07) is 19.2. The molecule has 1 saturated heterocycles. The number of rotatable bonds is 12. The van der Waals surface area contributed by atoms with Crippen molar-refractivity contribution in [3.05, 3.63) is 102 Å². The van der Waals surface area contributed by atoms with Crippen molar-refractivity contribution >= 4 is 32.8 Å². The van der Waals surface area contributed by atoms with Crippen LogP contribution < -0.4 is 14.8 Å². The number of alkyl halides is 3. The molecule has 6 rings (SSSR count). The number of amides is 1. The highest BCUT2D eigenvalue weighted by molar-refractivity contribution is 7.93. The molecule has 1 fully saturated rings. The number of nitrogens with zero attached hydrogens (tertiary/aromatic N) is 5. The summed E-state index contributed by atoms with van der Waals surface area (Å²) in [5.41, 5.74) is 1.76. The number of carbonyl (C=O) groups is 1. The molecule has 274 valence electrons. The minimum atomic E-state index is -4.54. The first-order chi connectivity index (χ1) is 25.4. The highest BCUT2D eigenvalue weighted by Crippen LogP contribution is 2.39. The second-order valence-electron chi connectivity index (χ2n) is 12.2. The molecule has 0 saturated carbocycles. The number of hydrogen-bond donors (Lipinski definition) is 3. The number of carboxylic acid groups (broad SMARTS) is 1. The zero-order valence-corrected chi connectivity index (χ0v) is 29.5. The maximum absolute atomic E-state index is 13.6. The summed E-state index contributed by atoms with van der Waals surface area (Å²) in [5, 5.41) is 22.6. The van der Waals surface area contributed by atoms with Crippen LogP contribution in [0, 0.1) is 17.2 Å². The summed E-state index contributed by atoms with van der Waals surface area (Å²) in [6.45, 7) is 2.16. The number of nitriles is 1. The van der Waals surface area contributed by atoms with Gasteiger partial charge >= 0.3 is 12.3 Å². The maximum atomic E-state index is 13.6. The van der Waals surface area contributed by atoms with Crippen LogP contribution in [0.25, 0.3) is 22.3 Å². The Labute approximate surface area is 307 Å². The number of sulfonamides is 1. The van der Waals surface area contributed by atoms with Gasteiger partial charge in [0.15, 0.2) is 0 Å². The average Bonchev–Trinajstić information content (AvgIpc) is 3.66. The lowest BCUT2D eigenvalue weighted by molar-refractivity contribution is -0.137. The van der Waals surface area contributed by atoms with E-state index >= 15 is 0 Å². The molecular weight excluding hydrogens is 732 g/mol. The quantitative estimate of drug-likeness (QED) is 0.107. The zero-order chi connectivity index (χ0) is 37.6. The summed E-state index contributed by atoms with van der Waals surface area (Å²) >= 11 is 0.850. The molecule has 0 radical (unpaired) electrons. The molecule has 2 aromatic heterocycles. The minimum Gasteiger partial charge on any atom is -0.465 e. The fraction of sp³-hybridized carbons (Fsp3) is 0.250. The van der Waals surface area contributed by atoms with Crippen LogP contribution in [-0.4, -0.2) is 58.5 Å². The number of piperidine rings is 1. The largest absolute Gasteiger partial charge is 0.465 e. The van der Waals surface area contributed by atoms with Gasteiger partial charge in [0.05, 0.1) is 21.7 Å². The van der Waals surface area contributed by atoms with Crippen LogP contribution in [-0.2, 0) is 22.7 Å². The molecule has 1 amide bonds. The van der Waals surface area contributed by atoms with E-state index in [-0.39, 0.29) is 27.1 Å². The highest BCUT2D eigenvalue weighted by atomic mass is 32.2. The molecule has 3 N–H and O–H groups in total. The fourth-order valence-electron chi connectivity index (χ4n) is 5.94. The van der Waals surface area contributed by atoms with Gasteiger partial charge in [-0.25, -0.2) is 18.2 Å². The van der Waals surface area contributed by atoms with Crippen molar-refractivity contribution in [3.63, 3.8) is 0 Å². The SMILES string of the molecule is N#Cc1cc(S(=O)(=O)Nc2ncns2)ccc1Oc1ccc(-c2cccc(C(F)(F)F)c2)cc1-c1ccnc(CNCCC2CCN(C(=O)O)CC2)c1. The average molecular weight is 764 g/mol. The number of benzene rings is 3.